The maximum atomic E-state index is 5.23. The lowest BCUT2D eigenvalue weighted by molar-refractivity contribution is 0.341. The van der Waals surface area contributed by atoms with Crippen molar-refractivity contribution in [3.8, 4) is 0 Å². The predicted octanol–water partition coefficient (Wildman–Crippen LogP) is 1.37. The number of hydrogen-bond acceptors (Lipinski definition) is 4. The molecule has 2 fully saturated rings. The van der Waals surface area contributed by atoms with Gasteiger partial charge in [0, 0.05) is 5.92 Å². The van der Waals surface area contributed by atoms with Gasteiger partial charge < -0.3 is 9.84 Å². The third-order valence-electron chi connectivity index (χ3n) is 2.76. The molecule has 1 unspecified atom stereocenters. The van der Waals surface area contributed by atoms with Gasteiger partial charge in [0.25, 0.3) is 0 Å². The molecule has 1 aliphatic carbocycles. The summed E-state index contributed by atoms with van der Waals surface area (Å²) in [4.78, 5) is 4.41. The number of hydrogen-bond donors (Lipinski definition) is 1. The smallest absolute Gasteiger partial charge is 0.243 e. The summed E-state index contributed by atoms with van der Waals surface area (Å²) in [7, 11) is 0. The number of nitrogens with one attached hydrogen (secondary N) is 1. The van der Waals surface area contributed by atoms with Gasteiger partial charge in [-0.2, -0.15) is 4.98 Å². The summed E-state index contributed by atoms with van der Waals surface area (Å²) in [5.41, 5.74) is 0. The van der Waals surface area contributed by atoms with Gasteiger partial charge in [0.2, 0.25) is 5.89 Å². The minimum Gasteiger partial charge on any atom is -0.338 e. The van der Waals surface area contributed by atoms with E-state index in [9.17, 15) is 0 Å². The second-order valence-corrected chi connectivity index (χ2v) is 3.91. The molecular formula is C9H13N3O. The van der Waals surface area contributed by atoms with Crippen molar-refractivity contribution in [1.82, 2.24) is 15.5 Å². The van der Waals surface area contributed by atoms with Crippen molar-refractivity contribution in [1.29, 1.82) is 0 Å². The van der Waals surface area contributed by atoms with Crippen LogP contribution in [-0.4, -0.2) is 16.7 Å². The average molecular weight is 179 g/mol. The predicted molar refractivity (Wildman–Crippen MR) is 46.3 cm³/mol. The zero-order valence-corrected chi connectivity index (χ0v) is 7.49. The highest BCUT2D eigenvalue weighted by Gasteiger charge is 2.30. The van der Waals surface area contributed by atoms with E-state index in [0.29, 0.717) is 12.0 Å². The van der Waals surface area contributed by atoms with Crippen LogP contribution >= 0.6 is 0 Å². The Bertz CT molecular complexity index is 300. The van der Waals surface area contributed by atoms with Crippen LogP contribution < -0.4 is 5.32 Å². The first kappa shape index (κ1) is 7.50. The Morgan fingerprint density at radius 3 is 2.92 bits per heavy atom. The molecule has 1 aliphatic heterocycles. The largest absolute Gasteiger partial charge is 0.338 e. The van der Waals surface area contributed by atoms with Gasteiger partial charge in [-0.25, -0.2) is 0 Å². The van der Waals surface area contributed by atoms with Gasteiger partial charge in [-0.05, 0) is 32.2 Å². The zero-order chi connectivity index (χ0) is 8.67. The third-order valence-corrected chi connectivity index (χ3v) is 2.76. The van der Waals surface area contributed by atoms with Crippen LogP contribution in [0.1, 0.15) is 49.4 Å². The van der Waals surface area contributed by atoms with Crippen molar-refractivity contribution in [2.24, 2.45) is 0 Å². The van der Waals surface area contributed by atoms with Gasteiger partial charge in [-0.15, -0.1) is 0 Å². The lowest BCUT2D eigenvalue weighted by Gasteiger charge is -2.01. The van der Waals surface area contributed by atoms with Crippen LogP contribution in [0.4, 0.5) is 0 Å². The fourth-order valence-electron chi connectivity index (χ4n) is 1.79. The molecule has 4 nitrogen and oxygen atoms in total. The van der Waals surface area contributed by atoms with Crippen molar-refractivity contribution in [3.05, 3.63) is 11.7 Å². The van der Waals surface area contributed by atoms with Crippen LogP contribution in [0.2, 0.25) is 0 Å². The summed E-state index contributed by atoms with van der Waals surface area (Å²) >= 11 is 0. The van der Waals surface area contributed by atoms with Crippen LogP contribution in [0.25, 0.3) is 0 Å². The SMILES string of the molecule is C1CNC(c2nc(C3CC3)no2)C1. The first-order valence-electron chi connectivity index (χ1n) is 5.00. The van der Waals surface area contributed by atoms with Crippen LogP contribution in [-0.2, 0) is 0 Å². The Hall–Kier alpha value is -0.900. The molecule has 1 atom stereocenters. The Labute approximate surface area is 76.7 Å². The molecule has 2 aliphatic rings. The maximum absolute atomic E-state index is 5.23. The second kappa shape index (κ2) is 2.80. The molecule has 1 aromatic rings. The number of aromatic nitrogens is 2. The van der Waals surface area contributed by atoms with E-state index in [4.69, 9.17) is 4.52 Å². The van der Waals surface area contributed by atoms with E-state index in [1.807, 2.05) is 0 Å². The Balaban J connectivity index is 1.79. The maximum Gasteiger partial charge on any atom is 0.243 e. The van der Waals surface area contributed by atoms with Crippen molar-refractivity contribution in [3.63, 3.8) is 0 Å². The molecule has 1 aromatic heterocycles. The molecule has 1 saturated heterocycles. The minimum atomic E-state index is 0.319. The van der Waals surface area contributed by atoms with E-state index in [0.717, 1.165) is 24.7 Å². The highest BCUT2D eigenvalue weighted by atomic mass is 16.5. The third kappa shape index (κ3) is 1.35. The summed E-state index contributed by atoms with van der Waals surface area (Å²) in [6.45, 7) is 1.08. The molecule has 1 saturated carbocycles. The summed E-state index contributed by atoms with van der Waals surface area (Å²) in [6, 6.07) is 0.319. The Kier molecular flexibility index (Phi) is 1.62. The van der Waals surface area contributed by atoms with Gasteiger partial charge in [0.1, 0.15) is 0 Å². The zero-order valence-electron chi connectivity index (χ0n) is 7.49. The molecule has 4 heteroatoms. The minimum absolute atomic E-state index is 0.319. The molecule has 70 valence electrons. The first-order chi connectivity index (χ1) is 6.43. The second-order valence-electron chi connectivity index (χ2n) is 3.91. The molecule has 2 heterocycles. The van der Waals surface area contributed by atoms with E-state index in [1.165, 1.54) is 19.3 Å². The van der Waals surface area contributed by atoms with Gasteiger partial charge in [0.05, 0.1) is 6.04 Å². The molecule has 0 radical (unpaired) electrons. The summed E-state index contributed by atoms with van der Waals surface area (Å²) in [5, 5.41) is 7.35. The van der Waals surface area contributed by atoms with E-state index < -0.39 is 0 Å². The summed E-state index contributed by atoms with van der Waals surface area (Å²) < 4.78 is 5.23. The standard InChI is InChI=1S/C9H13N3O/c1-2-7(10-5-1)9-11-8(12-13-9)6-3-4-6/h6-7,10H,1-5H2. The Morgan fingerprint density at radius 1 is 1.31 bits per heavy atom. The topological polar surface area (TPSA) is 51.0 Å². The van der Waals surface area contributed by atoms with Crippen molar-refractivity contribution in [2.75, 3.05) is 6.54 Å². The highest BCUT2D eigenvalue weighted by Crippen LogP contribution is 2.38. The molecule has 0 amide bonds. The van der Waals surface area contributed by atoms with Gasteiger partial charge in [-0.1, -0.05) is 5.16 Å². The summed E-state index contributed by atoms with van der Waals surface area (Å²) in [6.07, 6.45) is 4.81. The van der Waals surface area contributed by atoms with Crippen LogP contribution in [0.3, 0.4) is 0 Å². The van der Waals surface area contributed by atoms with Gasteiger partial charge >= 0.3 is 0 Å². The number of nitrogens with zero attached hydrogens (tertiary/aromatic N) is 2. The Morgan fingerprint density at radius 2 is 2.23 bits per heavy atom. The van der Waals surface area contributed by atoms with Crippen LogP contribution in [0.5, 0.6) is 0 Å². The normalized spacial score (nSPS) is 28.2. The van der Waals surface area contributed by atoms with E-state index in [1.54, 1.807) is 0 Å². The van der Waals surface area contributed by atoms with Crippen LogP contribution in [0, 0.1) is 0 Å². The average Bonchev–Trinajstić information content (AvgIpc) is 2.72. The van der Waals surface area contributed by atoms with Gasteiger partial charge in [-0.3, -0.25) is 0 Å². The molecule has 3 rings (SSSR count). The quantitative estimate of drug-likeness (QED) is 0.745. The molecule has 13 heavy (non-hydrogen) atoms. The van der Waals surface area contributed by atoms with Crippen molar-refractivity contribution < 1.29 is 4.52 Å². The fraction of sp³-hybridized carbons (Fsp3) is 0.778. The fourth-order valence-corrected chi connectivity index (χ4v) is 1.79. The lowest BCUT2D eigenvalue weighted by atomic mass is 10.2. The molecule has 0 aromatic carbocycles. The highest BCUT2D eigenvalue weighted by molar-refractivity contribution is 5.05. The van der Waals surface area contributed by atoms with Crippen molar-refractivity contribution >= 4 is 0 Å². The molecule has 0 spiro atoms. The van der Waals surface area contributed by atoms with E-state index in [-0.39, 0.29) is 0 Å². The summed E-state index contributed by atoms with van der Waals surface area (Å²) in [5.74, 6) is 2.31. The number of rotatable bonds is 2. The van der Waals surface area contributed by atoms with E-state index in [2.05, 4.69) is 15.5 Å². The van der Waals surface area contributed by atoms with Crippen LogP contribution in [0.15, 0.2) is 4.52 Å². The first-order valence-corrected chi connectivity index (χ1v) is 5.00. The molecule has 1 N–H and O–H groups in total. The monoisotopic (exact) mass is 179 g/mol. The van der Waals surface area contributed by atoms with Crippen molar-refractivity contribution in [2.45, 2.75) is 37.6 Å². The lowest BCUT2D eigenvalue weighted by Crippen LogP contribution is -2.13. The molecule has 0 bridgehead atoms. The van der Waals surface area contributed by atoms with E-state index >= 15 is 0 Å². The molecular weight excluding hydrogens is 166 g/mol. The van der Waals surface area contributed by atoms with Gasteiger partial charge in [0.15, 0.2) is 5.82 Å².